The molecular formula is C26H27N5O2S. The summed E-state index contributed by atoms with van der Waals surface area (Å²) >= 11 is 1.52. The molecule has 1 aromatic carbocycles. The van der Waals surface area contributed by atoms with E-state index in [2.05, 4.69) is 22.1 Å². The number of hydrogen-bond acceptors (Lipinski definition) is 5. The van der Waals surface area contributed by atoms with Gasteiger partial charge in [-0.1, -0.05) is 36.4 Å². The van der Waals surface area contributed by atoms with Crippen LogP contribution in [0.1, 0.15) is 39.4 Å². The van der Waals surface area contributed by atoms with Crippen LogP contribution in [0.4, 0.5) is 0 Å². The molecule has 34 heavy (non-hydrogen) atoms. The molecule has 2 amide bonds. The van der Waals surface area contributed by atoms with Crippen molar-refractivity contribution in [2.45, 2.75) is 25.3 Å². The lowest BCUT2D eigenvalue weighted by Gasteiger charge is -2.40. The van der Waals surface area contributed by atoms with Gasteiger partial charge in [0.1, 0.15) is 11.4 Å². The van der Waals surface area contributed by atoms with Crippen molar-refractivity contribution in [1.82, 2.24) is 24.2 Å². The Kier molecular flexibility index (Phi) is 6.40. The van der Waals surface area contributed by atoms with Crippen molar-refractivity contribution < 1.29 is 9.59 Å². The quantitative estimate of drug-likeness (QED) is 0.424. The number of piperidine rings is 1. The molecule has 1 fully saturated rings. The molecule has 8 heteroatoms. The first-order valence-electron chi connectivity index (χ1n) is 11.5. The lowest BCUT2D eigenvalue weighted by atomic mass is 9.84. The Labute approximate surface area is 202 Å². The molecule has 1 saturated heterocycles. The number of likely N-dealkylation sites (tertiary alicyclic amines) is 1. The summed E-state index contributed by atoms with van der Waals surface area (Å²) in [7, 11) is 1.87. The molecule has 0 aliphatic carbocycles. The number of thiazole rings is 1. The van der Waals surface area contributed by atoms with Crippen LogP contribution in [-0.4, -0.2) is 62.2 Å². The highest BCUT2D eigenvalue weighted by Crippen LogP contribution is 2.28. The summed E-state index contributed by atoms with van der Waals surface area (Å²) in [6, 6.07) is 15.7. The van der Waals surface area contributed by atoms with Crippen molar-refractivity contribution in [3.8, 4) is 0 Å². The van der Waals surface area contributed by atoms with E-state index < -0.39 is 0 Å². The number of carbonyl (C=O) groups excluding carboxylic acids is 2. The molecule has 0 saturated carbocycles. The first-order chi connectivity index (χ1) is 16.6. The number of imidazole rings is 1. The van der Waals surface area contributed by atoms with E-state index in [0.717, 1.165) is 24.2 Å². The summed E-state index contributed by atoms with van der Waals surface area (Å²) in [5.74, 6) is 0.192. The molecule has 1 aliphatic heterocycles. The van der Waals surface area contributed by atoms with Gasteiger partial charge < -0.3 is 9.80 Å². The third kappa shape index (κ3) is 4.59. The van der Waals surface area contributed by atoms with Gasteiger partial charge in [0.2, 0.25) is 0 Å². The number of aromatic nitrogens is 3. The number of benzene rings is 1. The largest absolute Gasteiger partial charge is 0.337 e. The number of fused-ring (bicyclic) bond motifs is 1. The molecule has 7 nitrogen and oxygen atoms in total. The number of rotatable bonds is 6. The smallest absolute Gasteiger partial charge is 0.274 e. The highest BCUT2D eigenvalue weighted by atomic mass is 32.1. The van der Waals surface area contributed by atoms with E-state index in [1.807, 2.05) is 63.2 Å². The molecule has 3 aromatic heterocycles. The number of likely N-dealkylation sites (N-methyl/N-ethyl adjacent to an activating group) is 1. The van der Waals surface area contributed by atoms with Crippen molar-refractivity contribution in [3.63, 3.8) is 0 Å². The van der Waals surface area contributed by atoms with Gasteiger partial charge in [0.05, 0.1) is 0 Å². The van der Waals surface area contributed by atoms with Crippen LogP contribution in [0.5, 0.6) is 0 Å². The van der Waals surface area contributed by atoms with E-state index >= 15 is 0 Å². The normalized spacial score (nSPS) is 15.4. The maximum absolute atomic E-state index is 13.2. The fourth-order valence-corrected chi connectivity index (χ4v) is 5.48. The first-order valence-corrected chi connectivity index (χ1v) is 12.4. The molecule has 0 N–H and O–H groups in total. The summed E-state index contributed by atoms with van der Waals surface area (Å²) in [5.41, 5.74) is 2.15. The summed E-state index contributed by atoms with van der Waals surface area (Å²) in [6.45, 7) is 1.32. The van der Waals surface area contributed by atoms with Crippen LogP contribution in [0.15, 0.2) is 72.5 Å². The molecule has 1 atom stereocenters. The van der Waals surface area contributed by atoms with Crippen molar-refractivity contribution in [1.29, 1.82) is 0 Å². The molecule has 4 heterocycles. The van der Waals surface area contributed by atoms with Crippen LogP contribution in [-0.2, 0) is 6.42 Å². The Balaban J connectivity index is 1.31. The zero-order valence-electron chi connectivity index (χ0n) is 19.1. The van der Waals surface area contributed by atoms with Gasteiger partial charge in [0.25, 0.3) is 11.8 Å². The van der Waals surface area contributed by atoms with Crippen molar-refractivity contribution >= 4 is 28.1 Å². The van der Waals surface area contributed by atoms with Crippen LogP contribution < -0.4 is 0 Å². The number of amides is 2. The third-order valence-electron chi connectivity index (χ3n) is 6.67. The van der Waals surface area contributed by atoms with Gasteiger partial charge in [0, 0.05) is 50.1 Å². The molecule has 174 valence electrons. The number of pyridine rings is 1. The average Bonchev–Trinajstić information content (AvgIpc) is 3.50. The average molecular weight is 474 g/mol. The van der Waals surface area contributed by atoms with Crippen LogP contribution in [0.25, 0.3) is 4.96 Å². The van der Waals surface area contributed by atoms with E-state index in [1.54, 1.807) is 18.5 Å². The minimum Gasteiger partial charge on any atom is -0.337 e. The number of hydrogen-bond donors (Lipinski definition) is 0. The van der Waals surface area contributed by atoms with Crippen LogP contribution in [0.3, 0.4) is 0 Å². The predicted octanol–water partition coefficient (Wildman–Crippen LogP) is 4.03. The minimum atomic E-state index is -0.0712. The van der Waals surface area contributed by atoms with E-state index in [0.29, 0.717) is 24.5 Å². The highest BCUT2D eigenvalue weighted by molar-refractivity contribution is 7.15. The van der Waals surface area contributed by atoms with Crippen LogP contribution in [0, 0.1) is 5.92 Å². The lowest BCUT2D eigenvalue weighted by Crippen LogP contribution is -2.48. The SMILES string of the molecule is CN(C(=O)c1ccccn1)[C@@H](Cc1ccccc1)C1CCN(C(=O)c2cn3ccsc3n2)CC1. The second-order valence-corrected chi connectivity index (χ2v) is 9.61. The highest BCUT2D eigenvalue weighted by Gasteiger charge is 2.34. The van der Waals surface area contributed by atoms with Crippen LogP contribution >= 0.6 is 11.3 Å². The zero-order valence-corrected chi connectivity index (χ0v) is 19.9. The first kappa shape index (κ1) is 22.3. The van der Waals surface area contributed by atoms with Gasteiger partial charge in [-0.05, 0) is 42.9 Å². The summed E-state index contributed by atoms with van der Waals surface area (Å²) in [5, 5.41) is 1.96. The summed E-state index contributed by atoms with van der Waals surface area (Å²) in [6.07, 6.45) is 7.82. The lowest BCUT2D eigenvalue weighted by molar-refractivity contribution is 0.0517. The molecule has 0 spiro atoms. The second kappa shape index (κ2) is 9.77. The Morgan fingerprint density at radius 1 is 1.09 bits per heavy atom. The van der Waals surface area contributed by atoms with Gasteiger partial charge in [-0.3, -0.25) is 19.0 Å². The van der Waals surface area contributed by atoms with Crippen molar-refractivity contribution in [3.05, 3.63) is 89.5 Å². The fourth-order valence-electron chi connectivity index (χ4n) is 4.78. The van der Waals surface area contributed by atoms with Gasteiger partial charge in [-0.25, -0.2) is 4.98 Å². The Hall–Kier alpha value is -3.52. The Morgan fingerprint density at radius 2 is 1.85 bits per heavy atom. The molecular weight excluding hydrogens is 446 g/mol. The maximum Gasteiger partial charge on any atom is 0.274 e. The molecule has 0 unspecified atom stereocenters. The molecule has 4 aromatic rings. The van der Waals surface area contributed by atoms with Crippen molar-refractivity contribution in [2.75, 3.05) is 20.1 Å². The second-order valence-electron chi connectivity index (χ2n) is 8.74. The molecule has 5 rings (SSSR count). The Bertz CT molecular complexity index is 1230. The standard InChI is InChI=1S/C26H27N5O2S/c1-29(24(32)21-9-5-6-12-27-21)23(17-19-7-3-2-4-8-19)20-10-13-30(14-11-20)25(33)22-18-31-15-16-34-26(31)28-22/h2-9,12,15-16,18,20,23H,10-11,13-14,17H2,1H3/t23-/m0/s1. The maximum atomic E-state index is 13.2. The Morgan fingerprint density at radius 3 is 2.56 bits per heavy atom. The third-order valence-corrected chi connectivity index (χ3v) is 7.44. The molecule has 0 radical (unpaired) electrons. The van der Waals surface area contributed by atoms with Gasteiger partial charge in [-0.15, -0.1) is 11.3 Å². The van der Waals surface area contributed by atoms with Crippen LogP contribution in [0.2, 0.25) is 0 Å². The van der Waals surface area contributed by atoms with Crippen molar-refractivity contribution in [2.24, 2.45) is 5.92 Å². The van der Waals surface area contributed by atoms with Gasteiger partial charge in [0.15, 0.2) is 4.96 Å². The van der Waals surface area contributed by atoms with E-state index in [9.17, 15) is 9.59 Å². The molecule has 0 bridgehead atoms. The number of carbonyl (C=O) groups is 2. The zero-order chi connectivity index (χ0) is 23.5. The summed E-state index contributed by atoms with van der Waals surface area (Å²) < 4.78 is 1.89. The summed E-state index contributed by atoms with van der Waals surface area (Å²) in [4.78, 5) is 39.6. The van der Waals surface area contributed by atoms with Gasteiger partial charge >= 0.3 is 0 Å². The molecule has 1 aliphatic rings. The predicted molar refractivity (Wildman–Crippen MR) is 132 cm³/mol. The fraction of sp³-hybridized carbons (Fsp3) is 0.308. The monoisotopic (exact) mass is 473 g/mol. The van der Waals surface area contributed by atoms with Gasteiger partial charge in [-0.2, -0.15) is 0 Å². The van der Waals surface area contributed by atoms with E-state index in [4.69, 9.17) is 0 Å². The van der Waals surface area contributed by atoms with E-state index in [-0.39, 0.29) is 23.8 Å². The minimum absolute atomic E-state index is 0.0205. The van der Waals surface area contributed by atoms with E-state index in [1.165, 1.54) is 16.9 Å². The topological polar surface area (TPSA) is 70.8 Å². The number of nitrogens with zero attached hydrogens (tertiary/aromatic N) is 5.